The van der Waals surface area contributed by atoms with Crippen LogP contribution in [0.15, 0.2) is 42.5 Å². The number of aryl methyl sites for hydroxylation is 2. The van der Waals surface area contributed by atoms with Crippen molar-refractivity contribution in [2.75, 3.05) is 42.9 Å². The number of para-hydroxylation sites is 3. The van der Waals surface area contributed by atoms with Crippen LogP contribution in [0, 0.1) is 13.8 Å². The Hall–Kier alpha value is -2.53. The van der Waals surface area contributed by atoms with Crippen molar-refractivity contribution in [3.63, 3.8) is 0 Å². The minimum absolute atomic E-state index is 0.0217. The van der Waals surface area contributed by atoms with Crippen molar-refractivity contribution in [2.24, 2.45) is 0 Å². The van der Waals surface area contributed by atoms with E-state index >= 15 is 0 Å². The standard InChI is InChI=1S/C20H25N3O2/c1-15-6-5-7-16(2)20(15)21-19(25)14-22-10-12-23(13-11-22)17-8-3-4-9-18(17)24/h3-9,24H,10-14H2,1-2H3,(H,21,25). The number of carbonyl (C=O) groups is 1. The molecule has 0 atom stereocenters. The molecule has 1 fully saturated rings. The summed E-state index contributed by atoms with van der Waals surface area (Å²) < 4.78 is 0. The number of piperazine rings is 1. The monoisotopic (exact) mass is 339 g/mol. The highest BCUT2D eigenvalue weighted by Gasteiger charge is 2.21. The van der Waals surface area contributed by atoms with Gasteiger partial charge in [-0.25, -0.2) is 0 Å². The molecule has 0 unspecified atom stereocenters. The van der Waals surface area contributed by atoms with Gasteiger partial charge in [0.05, 0.1) is 12.2 Å². The molecule has 1 aliphatic heterocycles. The summed E-state index contributed by atoms with van der Waals surface area (Å²) in [6, 6.07) is 13.4. The normalized spacial score (nSPS) is 15.2. The lowest BCUT2D eigenvalue weighted by molar-refractivity contribution is -0.117. The highest BCUT2D eigenvalue weighted by Crippen LogP contribution is 2.27. The molecular formula is C20H25N3O2. The number of amides is 1. The van der Waals surface area contributed by atoms with Crippen molar-refractivity contribution >= 4 is 17.3 Å². The largest absolute Gasteiger partial charge is 0.506 e. The van der Waals surface area contributed by atoms with Gasteiger partial charge in [0.15, 0.2) is 0 Å². The van der Waals surface area contributed by atoms with Crippen molar-refractivity contribution in [3.05, 3.63) is 53.6 Å². The molecule has 2 aromatic carbocycles. The van der Waals surface area contributed by atoms with Gasteiger partial charge in [-0.3, -0.25) is 9.69 Å². The Morgan fingerprint density at radius 2 is 1.64 bits per heavy atom. The van der Waals surface area contributed by atoms with Gasteiger partial charge >= 0.3 is 0 Å². The van der Waals surface area contributed by atoms with Crippen LogP contribution in [0.4, 0.5) is 11.4 Å². The van der Waals surface area contributed by atoms with E-state index in [2.05, 4.69) is 15.1 Å². The van der Waals surface area contributed by atoms with Crippen molar-refractivity contribution in [3.8, 4) is 5.75 Å². The fourth-order valence-corrected chi connectivity index (χ4v) is 3.27. The van der Waals surface area contributed by atoms with Crippen LogP contribution in [-0.4, -0.2) is 48.6 Å². The van der Waals surface area contributed by atoms with Gasteiger partial charge in [-0.05, 0) is 37.1 Å². The van der Waals surface area contributed by atoms with E-state index in [0.29, 0.717) is 12.3 Å². The van der Waals surface area contributed by atoms with Gasteiger partial charge in [-0.1, -0.05) is 30.3 Å². The molecule has 0 bridgehead atoms. The van der Waals surface area contributed by atoms with E-state index < -0.39 is 0 Å². The number of hydrogen-bond acceptors (Lipinski definition) is 4. The summed E-state index contributed by atoms with van der Waals surface area (Å²) >= 11 is 0. The molecule has 0 aromatic heterocycles. The van der Waals surface area contributed by atoms with Crippen LogP contribution in [0.3, 0.4) is 0 Å². The molecule has 0 radical (unpaired) electrons. The van der Waals surface area contributed by atoms with Crippen LogP contribution >= 0.6 is 0 Å². The lowest BCUT2D eigenvalue weighted by Crippen LogP contribution is -2.48. The predicted molar refractivity (Wildman–Crippen MR) is 101 cm³/mol. The molecule has 0 spiro atoms. The fourth-order valence-electron chi connectivity index (χ4n) is 3.27. The summed E-state index contributed by atoms with van der Waals surface area (Å²) in [4.78, 5) is 16.7. The zero-order valence-corrected chi connectivity index (χ0v) is 14.8. The SMILES string of the molecule is Cc1cccc(C)c1NC(=O)CN1CCN(c2ccccc2O)CC1. The predicted octanol–water partition coefficient (Wildman–Crippen LogP) is 2.77. The van der Waals surface area contributed by atoms with E-state index in [-0.39, 0.29) is 5.91 Å². The van der Waals surface area contributed by atoms with E-state index in [0.717, 1.165) is 48.7 Å². The maximum Gasteiger partial charge on any atom is 0.238 e. The summed E-state index contributed by atoms with van der Waals surface area (Å²) in [5.41, 5.74) is 3.94. The molecule has 132 valence electrons. The lowest BCUT2D eigenvalue weighted by atomic mass is 10.1. The minimum Gasteiger partial charge on any atom is -0.506 e. The lowest BCUT2D eigenvalue weighted by Gasteiger charge is -2.36. The van der Waals surface area contributed by atoms with Gasteiger partial charge in [-0.2, -0.15) is 0 Å². The second-order valence-corrected chi connectivity index (χ2v) is 6.57. The Kier molecular flexibility index (Phi) is 5.24. The first-order chi connectivity index (χ1) is 12.0. The summed E-state index contributed by atoms with van der Waals surface area (Å²) in [6.07, 6.45) is 0. The highest BCUT2D eigenvalue weighted by molar-refractivity contribution is 5.93. The molecule has 2 N–H and O–H groups in total. The van der Waals surface area contributed by atoms with Gasteiger partial charge in [0, 0.05) is 31.9 Å². The van der Waals surface area contributed by atoms with Crippen molar-refractivity contribution in [2.45, 2.75) is 13.8 Å². The molecule has 5 nitrogen and oxygen atoms in total. The number of nitrogens with one attached hydrogen (secondary N) is 1. The van der Waals surface area contributed by atoms with Gasteiger partial charge < -0.3 is 15.3 Å². The second kappa shape index (κ2) is 7.57. The number of phenols is 1. The molecule has 1 saturated heterocycles. The van der Waals surface area contributed by atoms with E-state index in [1.807, 2.05) is 50.2 Å². The second-order valence-electron chi connectivity index (χ2n) is 6.57. The molecule has 0 aliphatic carbocycles. The average molecular weight is 339 g/mol. The van der Waals surface area contributed by atoms with Crippen LogP contribution in [0.5, 0.6) is 5.75 Å². The minimum atomic E-state index is 0.0217. The van der Waals surface area contributed by atoms with Crippen molar-refractivity contribution in [1.82, 2.24) is 4.90 Å². The van der Waals surface area contributed by atoms with Crippen molar-refractivity contribution in [1.29, 1.82) is 0 Å². The van der Waals surface area contributed by atoms with Crippen LogP contribution in [0.2, 0.25) is 0 Å². The molecule has 1 aliphatic rings. The van der Waals surface area contributed by atoms with Gasteiger partial charge in [0.2, 0.25) is 5.91 Å². The van der Waals surface area contributed by atoms with Crippen molar-refractivity contribution < 1.29 is 9.90 Å². The first-order valence-electron chi connectivity index (χ1n) is 8.66. The van der Waals surface area contributed by atoms with E-state index in [1.165, 1.54) is 0 Å². The van der Waals surface area contributed by atoms with Gasteiger partial charge in [-0.15, -0.1) is 0 Å². The fraction of sp³-hybridized carbons (Fsp3) is 0.350. The zero-order valence-electron chi connectivity index (χ0n) is 14.8. The third-order valence-corrected chi connectivity index (χ3v) is 4.71. The van der Waals surface area contributed by atoms with E-state index in [4.69, 9.17) is 0 Å². The first-order valence-corrected chi connectivity index (χ1v) is 8.66. The highest BCUT2D eigenvalue weighted by atomic mass is 16.3. The number of rotatable bonds is 4. The van der Waals surface area contributed by atoms with E-state index in [1.54, 1.807) is 6.07 Å². The molecule has 25 heavy (non-hydrogen) atoms. The summed E-state index contributed by atoms with van der Waals surface area (Å²) in [5.74, 6) is 0.331. The number of carbonyl (C=O) groups excluding carboxylic acids is 1. The quantitative estimate of drug-likeness (QED) is 0.899. The molecule has 1 amide bonds. The Balaban J connectivity index is 1.54. The maximum atomic E-state index is 12.4. The Morgan fingerprint density at radius 1 is 1.00 bits per heavy atom. The number of anilines is 2. The maximum absolute atomic E-state index is 12.4. The number of aromatic hydroxyl groups is 1. The molecule has 0 saturated carbocycles. The molecule has 1 heterocycles. The summed E-state index contributed by atoms with van der Waals surface area (Å²) in [7, 11) is 0. The smallest absolute Gasteiger partial charge is 0.238 e. The summed E-state index contributed by atoms with van der Waals surface area (Å²) in [6.45, 7) is 7.61. The van der Waals surface area contributed by atoms with Crippen LogP contribution in [0.1, 0.15) is 11.1 Å². The Labute approximate surface area is 148 Å². The number of phenolic OH excluding ortho intramolecular Hbond substituents is 1. The van der Waals surface area contributed by atoms with Gasteiger partial charge in [0.25, 0.3) is 0 Å². The van der Waals surface area contributed by atoms with Crippen LogP contribution < -0.4 is 10.2 Å². The Morgan fingerprint density at radius 3 is 2.28 bits per heavy atom. The number of benzene rings is 2. The van der Waals surface area contributed by atoms with Gasteiger partial charge in [0.1, 0.15) is 5.75 Å². The number of nitrogens with zero attached hydrogens (tertiary/aromatic N) is 2. The third-order valence-electron chi connectivity index (χ3n) is 4.71. The zero-order chi connectivity index (χ0) is 17.8. The van der Waals surface area contributed by atoms with E-state index in [9.17, 15) is 9.90 Å². The average Bonchev–Trinajstić information content (AvgIpc) is 2.60. The summed E-state index contributed by atoms with van der Waals surface area (Å²) in [5, 5.41) is 13.0. The van der Waals surface area contributed by atoms with Crippen LogP contribution in [-0.2, 0) is 4.79 Å². The third kappa shape index (κ3) is 4.12. The topological polar surface area (TPSA) is 55.8 Å². The Bertz CT molecular complexity index is 732. The molecule has 2 aromatic rings. The molecule has 3 rings (SSSR count). The first kappa shape index (κ1) is 17.3. The van der Waals surface area contributed by atoms with Crippen LogP contribution in [0.25, 0.3) is 0 Å². The molecular weight excluding hydrogens is 314 g/mol. The molecule has 5 heteroatoms. The number of hydrogen-bond donors (Lipinski definition) is 2.